The Bertz CT molecular complexity index is 1450. The lowest BCUT2D eigenvalue weighted by Crippen LogP contribution is -2.13. The van der Waals surface area contributed by atoms with E-state index in [4.69, 9.17) is 4.98 Å². The van der Waals surface area contributed by atoms with E-state index >= 15 is 0 Å². The van der Waals surface area contributed by atoms with Gasteiger partial charge in [0.2, 0.25) is 0 Å². The van der Waals surface area contributed by atoms with Crippen molar-refractivity contribution in [2.45, 2.75) is 25.2 Å². The van der Waals surface area contributed by atoms with Gasteiger partial charge in [-0.05, 0) is 76.2 Å². The molecule has 30 heavy (non-hydrogen) atoms. The molecule has 0 spiro atoms. The summed E-state index contributed by atoms with van der Waals surface area (Å²) in [5.74, 6) is 0.300. The molecule has 144 valence electrons. The fourth-order valence-corrected chi connectivity index (χ4v) is 5.15. The number of carbonyl (C=O) groups excluding carboxylic acids is 1. The van der Waals surface area contributed by atoms with Crippen LogP contribution in [0.1, 0.15) is 45.9 Å². The number of nitrogens with zero attached hydrogens (tertiary/aromatic N) is 1. The highest BCUT2D eigenvalue weighted by atomic mass is 16.1. The second kappa shape index (κ2) is 6.77. The number of hydrogen-bond donors (Lipinski definition) is 0. The second-order valence-electron chi connectivity index (χ2n) is 8.27. The van der Waals surface area contributed by atoms with Crippen LogP contribution in [0.4, 0.5) is 0 Å². The Kier molecular flexibility index (Phi) is 3.92. The standard InChI is InChI=1S/C28H21NO/c30-17-18-8-14-26-21(16-18)11-15-27(29-26)25-7-3-5-20-10-12-23-22-6-2-1-4-19(22)9-13-24(23)28(20)25/h1-2,4,6,8-17,25H,3,5,7H2. The zero-order valence-electron chi connectivity index (χ0n) is 16.6. The van der Waals surface area contributed by atoms with Crippen molar-refractivity contribution in [1.82, 2.24) is 4.98 Å². The normalized spacial score (nSPS) is 16.1. The van der Waals surface area contributed by atoms with E-state index in [1.165, 1.54) is 39.1 Å². The smallest absolute Gasteiger partial charge is 0.150 e. The minimum absolute atomic E-state index is 0.300. The number of aryl methyl sites for hydroxylation is 1. The van der Waals surface area contributed by atoms with Gasteiger partial charge in [0.25, 0.3) is 0 Å². The van der Waals surface area contributed by atoms with Gasteiger partial charge in [0, 0.05) is 22.6 Å². The van der Waals surface area contributed by atoms with E-state index in [2.05, 4.69) is 60.7 Å². The molecule has 1 heterocycles. The monoisotopic (exact) mass is 387 g/mol. The molecule has 4 aromatic carbocycles. The minimum Gasteiger partial charge on any atom is -0.298 e. The van der Waals surface area contributed by atoms with Crippen LogP contribution in [-0.2, 0) is 6.42 Å². The lowest BCUT2D eigenvalue weighted by atomic mass is 9.77. The summed E-state index contributed by atoms with van der Waals surface area (Å²) in [4.78, 5) is 16.1. The first-order valence-corrected chi connectivity index (χ1v) is 10.6. The molecule has 1 aromatic heterocycles. The van der Waals surface area contributed by atoms with E-state index in [-0.39, 0.29) is 0 Å². The van der Waals surface area contributed by atoms with Crippen LogP contribution in [0, 0.1) is 0 Å². The van der Waals surface area contributed by atoms with Crippen molar-refractivity contribution in [1.29, 1.82) is 0 Å². The summed E-state index contributed by atoms with van der Waals surface area (Å²) >= 11 is 0. The molecule has 0 fully saturated rings. The van der Waals surface area contributed by atoms with Crippen LogP contribution in [0.25, 0.3) is 32.4 Å². The van der Waals surface area contributed by atoms with Crippen molar-refractivity contribution in [3.8, 4) is 0 Å². The molecule has 1 aliphatic carbocycles. The third-order valence-corrected chi connectivity index (χ3v) is 6.57. The molecule has 1 atom stereocenters. The van der Waals surface area contributed by atoms with Gasteiger partial charge in [-0.2, -0.15) is 0 Å². The Morgan fingerprint density at radius 1 is 0.800 bits per heavy atom. The zero-order valence-corrected chi connectivity index (χ0v) is 16.6. The first-order valence-electron chi connectivity index (χ1n) is 10.6. The van der Waals surface area contributed by atoms with Gasteiger partial charge in [-0.15, -0.1) is 0 Å². The average Bonchev–Trinajstić information content (AvgIpc) is 2.82. The number of hydrogen-bond acceptors (Lipinski definition) is 2. The van der Waals surface area contributed by atoms with Gasteiger partial charge in [0.1, 0.15) is 6.29 Å². The van der Waals surface area contributed by atoms with Gasteiger partial charge in [-0.25, -0.2) is 0 Å². The van der Waals surface area contributed by atoms with Gasteiger partial charge in [0.05, 0.1) is 5.52 Å². The predicted octanol–water partition coefficient (Wildman–Crippen LogP) is 6.82. The minimum atomic E-state index is 0.300. The highest BCUT2D eigenvalue weighted by Gasteiger charge is 2.25. The van der Waals surface area contributed by atoms with Crippen LogP contribution >= 0.6 is 0 Å². The highest BCUT2D eigenvalue weighted by Crippen LogP contribution is 2.42. The summed E-state index contributed by atoms with van der Waals surface area (Å²) in [7, 11) is 0. The molecule has 1 unspecified atom stereocenters. The first kappa shape index (κ1) is 17.3. The Morgan fingerprint density at radius 2 is 1.67 bits per heavy atom. The molecular weight excluding hydrogens is 366 g/mol. The maximum atomic E-state index is 11.1. The summed E-state index contributed by atoms with van der Waals surface area (Å²) in [6.07, 6.45) is 4.32. The van der Waals surface area contributed by atoms with Gasteiger partial charge in [-0.1, -0.05) is 54.6 Å². The maximum Gasteiger partial charge on any atom is 0.150 e. The number of carbonyl (C=O) groups is 1. The van der Waals surface area contributed by atoms with Crippen molar-refractivity contribution >= 4 is 38.7 Å². The summed E-state index contributed by atoms with van der Waals surface area (Å²) in [5, 5.41) is 6.30. The Morgan fingerprint density at radius 3 is 2.60 bits per heavy atom. The Balaban J connectivity index is 1.57. The Hall–Kier alpha value is -3.52. The summed E-state index contributed by atoms with van der Waals surface area (Å²) in [6.45, 7) is 0. The quantitative estimate of drug-likeness (QED) is 0.246. The molecule has 0 bridgehead atoms. The number of pyridine rings is 1. The van der Waals surface area contributed by atoms with Crippen molar-refractivity contribution in [2.24, 2.45) is 0 Å². The van der Waals surface area contributed by atoms with Gasteiger partial charge in [0.15, 0.2) is 0 Å². The van der Waals surface area contributed by atoms with E-state index in [1.807, 2.05) is 18.2 Å². The molecule has 6 rings (SSSR count). The summed E-state index contributed by atoms with van der Waals surface area (Å²) in [6, 6.07) is 27.8. The average molecular weight is 387 g/mol. The first-order chi connectivity index (χ1) is 14.8. The lowest BCUT2D eigenvalue weighted by molar-refractivity contribution is 0.112. The third-order valence-electron chi connectivity index (χ3n) is 6.57. The van der Waals surface area contributed by atoms with Crippen LogP contribution in [0.3, 0.4) is 0 Å². The summed E-state index contributed by atoms with van der Waals surface area (Å²) in [5.41, 5.74) is 5.67. The van der Waals surface area contributed by atoms with Crippen LogP contribution in [0.2, 0.25) is 0 Å². The van der Waals surface area contributed by atoms with Crippen molar-refractivity contribution in [2.75, 3.05) is 0 Å². The molecule has 2 nitrogen and oxygen atoms in total. The topological polar surface area (TPSA) is 30.0 Å². The van der Waals surface area contributed by atoms with Crippen LogP contribution in [0.15, 0.2) is 78.9 Å². The number of fused-ring (bicyclic) bond motifs is 6. The maximum absolute atomic E-state index is 11.1. The van der Waals surface area contributed by atoms with E-state index in [9.17, 15) is 4.79 Å². The second-order valence-corrected chi connectivity index (χ2v) is 8.27. The van der Waals surface area contributed by atoms with Gasteiger partial charge in [-0.3, -0.25) is 9.78 Å². The van der Waals surface area contributed by atoms with E-state index in [1.54, 1.807) is 0 Å². The molecule has 0 aliphatic heterocycles. The fraction of sp³-hybridized carbons (Fsp3) is 0.143. The molecular formula is C28H21NO. The van der Waals surface area contributed by atoms with Crippen molar-refractivity contribution in [3.05, 3.63) is 101 Å². The SMILES string of the molecule is O=Cc1ccc2nc(C3CCCc4ccc5c(ccc6ccccc65)c43)ccc2c1. The molecule has 0 saturated heterocycles. The van der Waals surface area contributed by atoms with E-state index in [0.717, 1.165) is 35.7 Å². The van der Waals surface area contributed by atoms with Crippen molar-refractivity contribution < 1.29 is 4.79 Å². The van der Waals surface area contributed by atoms with Crippen molar-refractivity contribution in [3.63, 3.8) is 0 Å². The lowest BCUT2D eigenvalue weighted by Gasteiger charge is -2.27. The summed E-state index contributed by atoms with van der Waals surface area (Å²) < 4.78 is 0. The number of rotatable bonds is 2. The van der Waals surface area contributed by atoms with Gasteiger partial charge >= 0.3 is 0 Å². The zero-order chi connectivity index (χ0) is 20.1. The fourth-order valence-electron chi connectivity index (χ4n) is 5.15. The molecule has 1 aliphatic rings. The van der Waals surface area contributed by atoms with E-state index in [0.29, 0.717) is 11.5 Å². The van der Waals surface area contributed by atoms with Crippen LogP contribution in [0.5, 0.6) is 0 Å². The predicted molar refractivity (Wildman–Crippen MR) is 123 cm³/mol. The molecule has 0 N–H and O–H groups in total. The molecule has 0 radical (unpaired) electrons. The number of aromatic nitrogens is 1. The largest absolute Gasteiger partial charge is 0.298 e. The molecule has 0 saturated carbocycles. The Labute approximate surface area is 175 Å². The van der Waals surface area contributed by atoms with Gasteiger partial charge < -0.3 is 0 Å². The molecule has 5 aromatic rings. The number of benzene rings is 4. The van der Waals surface area contributed by atoms with E-state index < -0.39 is 0 Å². The van der Waals surface area contributed by atoms with Crippen LogP contribution in [-0.4, -0.2) is 11.3 Å². The van der Waals surface area contributed by atoms with Crippen LogP contribution < -0.4 is 0 Å². The third kappa shape index (κ3) is 2.64. The molecule has 0 amide bonds. The number of aldehydes is 1. The highest BCUT2D eigenvalue weighted by molar-refractivity contribution is 6.09. The molecule has 2 heteroatoms.